The second kappa shape index (κ2) is 5.26. The SMILES string of the molecule is Cc1c(C(=O)N2CCOCC2CO)oc2ccccc12. The molecule has 1 aliphatic rings. The summed E-state index contributed by atoms with van der Waals surface area (Å²) in [5.41, 5.74) is 1.55. The highest BCUT2D eigenvalue weighted by Crippen LogP contribution is 2.26. The molecule has 0 bridgehead atoms. The minimum Gasteiger partial charge on any atom is -0.451 e. The van der Waals surface area contributed by atoms with Crippen LogP contribution >= 0.6 is 0 Å². The van der Waals surface area contributed by atoms with Crippen molar-refractivity contribution in [1.29, 1.82) is 0 Å². The number of ether oxygens (including phenoxy) is 1. The Labute approximate surface area is 116 Å². The number of amides is 1. The fourth-order valence-electron chi connectivity index (χ4n) is 2.58. The fourth-order valence-corrected chi connectivity index (χ4v) is 2.58. The molecule has 1 N–H and O–H groups in total. The number of para-hydroxylation sites is 1. The number of hydrogen-bond donors (Lipinski definition) is 1. The number of hydrogen-bond acceptors (Lipinski definition) is 4. The van der Waals surface area contributed by atoms with Crippen molar-refractivity contribution in [3.63, 3.8) is 0 Å². The average Bonchev–Trinajstić information content (AvgIpc) is 2.84. The number of aryl methyl sites for hydroxylation is 1. The molecule has 0 spiro atoms. The molecule has 2 heterocycles. The Balaban J connectivity index is 1.97. The number of morpholine rings is 1. The third kappa shape index (κ3) is 2.09. The van der Waals surface area contributed by atoms with Gasteiger partial charge in [0, 0.05) is 17.5 Å². The molecule has 1 aromatic carbocycles. The number of benzene rings is 1. The van der Waals surface area contributed by atoms with Crippen molar-refractivity contribution >= 4 is 16.9 Å². The molecule has 2 aromatic rings. The van der Waals surface area contributed by atoms with Gasteiger partial charge in [0.05, 0.1) is 25.9 Å². The van der Waals surface area contributed by atoms with E-state index in [1.165, 1.54) is 0 Å². The molecule has 1 aromatic heterocycles. The van der Waals surface area contributed by atoms with Gasteiger partial charge in [-0.25, -0.2) is 0 Å². The Kier molecular flexibility index (Phi) is 3.46. The second-order valence-corrected chi connectivity index (χ2v) is 4.96. The Bertz CT molecular complexity index is 634. The monoisotopic (exact) mass is 275 g/mol. The first-order chi connectivity index (χ1) is 9.72. The van der Waals surface area contributed by atoms with E-state index in [-0.39, 0.29) is 18.6 Å². The van der Waals surface area contributed by atoms with E-state index in [0.717, 1.165) is 10.9 Å². The second-order valence-electron chi connectivity index (χ2n) is 4.96. The number of aliphatic hydroxyl groups is 1. The van der Waals surface area contributed by atoms with Gasteiger partial charge in [0.15, 0.2) is 5.76 Å². The lowest BCUT2D eigenvalue weighted by molar-refractivity contribution is -0.0196. The van der Waals surface area contributed by atoms with E-state index < -0.39 is 0 Å². The highest BCUT2D eigenvalue weighted by molar-refractivity contribution is 5.99. The van der Waals surface area contributed by atoms with E-state index in [9.17, 15) is 9.90 Å². The highest BCUT2D eigenvalue weighted by Gasteiger charge is 2.30. The minimum absolute atomic E-state index is 0.106. The largest absolute Gasteiger partial charge is 0.451 e. The lowest BCUT2D eigenvalue weighted by Gasteiger charge is -2.33. The van der Waals surface area contributed by atoms with Crippen LogP contribution in [-0.2, 0) is 4.74 Å². The van der Waals surface area contributed by atoms with Crippen LogP contribution in [-0.4, -0.2) is 48.3 Å². The molecule has 3 rings (SSSR count). The van der Waals surface area contributed by atoms with Gasteiger partial charge in [0.1, 0.15) is 5.58 Å². The van der Waals surface area contributed by atoms with Gasteiger partial charge in [-0.1, -0.05) is 18.2 Å². The van der Waals surface area contributed by atoms with Crippen molar-refractivity contribution in [2.75, 3.05) is 26.4 Å². The molecule has 20 heavy (non-hydrogen) atoms. The molecular formula is C15H17NO4. The summed E-state index contributed by atoms with van der Waals surface area (Å²) in [5.74, 6) is 0.174. The first kappa shape index (κ1) is 13.1. The quantitative estimate of drug-likeness (QED) is 0.903. The molecule has 1 amide bonds. The zero-order chi connectivity index (χ0) is 14.1. The number of rotatable bonds is 2. The molecule has 5 nitrogen and oxygen atoms in total. The van der Waals surface area contributed by atoms with Crippen LogP contribution in [0.1, 0.15) is 16.1 Å². The maximum absolute atomic E-state index is 12.6. The first-order valence-electron chi connectivity index (χ1n) is 6.70. The summed E-state index contributed by atoms with van der Waals surface area (Å²) in [6.07, 6.45) is 0. The minimum atomic E-state index is -0.302. The summed E-state index contributed by atoms with van der Waals surface area (Å²) in [6, 6.07) is 7.29. The zero-order valence-corrected chi connectivity index (χ0v) is 11.3. The summed E-state index contributed by atoms with van der Waals surface area (Å²) in [5, 5.41) is 10.3. The Morgan fingerprint density at radius 1 is 1.45 bits per heavy atom. The number of carbonyl (C=O) groups excluding carboxylic acids is 1. The summed E-state index contributed by atoms with van der Waals surface area (Å²) in [4.78, 5) is 14.3. The van der Waals surface area contributed by atoms with E-state index in [4.69, 9.17) is 9.15 Å². The van der Waals surface area contributed by atoms with Crippen LogP contribution in [0.4, 0.5) is 0 Å². The zero-order valence-electron chi connectivity index (χ0n) is 11.3. The van der Waals surface area contributed by atoms with E-state index in [2.05, 4.69) is 0 Å². The summed E-state index contributed by atoms with van der Waals surface area (Å²) in [6.45, 7) is 3.10. The van der Waals surface area contributed by atoms with Crippen LogP contribution in [0, 0.1) is 6.92 Å². The standard InChI is InChI=1S/C15H17NO4/c1-10-12-4-2-3-5-13(12)20-14(10)15(18)16-6-7-19-9-11(16)8-17/h2-5,11,17H,6-9H2,1H3. The molecule has 0 aliphatic carbocycles. The number of nitrogens with zero attached hydrogens (tertiary/aromatic N) is 1. The van der Waals surface area contributed by atoms with Gasteiger partial charge in [-0.15, -0.1) is 0 Å². The third-order valence-electron chi connectivity index (χ3n) is 3.74. The fraction of sp³-hybridized carbons (Fsp3) is 0.400. The number of furan rings is 1. The lowest BCUT2D eigenvalue weighted by atomic mass is 10.1. The van der Waals surface area contributed by atoms with E-state index in [1.54, 1.807) is 4.90 Å². The molecule has 1 fully saturated rings. The third-order valence-corrected chi connectivity index (χ3v) is 3.74. The summed E-state index contributed by atoms with van der Waals surface area (Å²) < 4.78 is 11.0. The van der Waals surface area contributed by atoms with E-state index in [1.807, 2.05) is 31.2 Å². The molecule has 1 atom stereocenters. The molecule has 1 aliphatic heterocycles. The topological polar surface area (TPSA) is 62.9 Å². The van der Waals surface area contributed by atoms with Gasteiger partial charge in [-0.05, 0) is 13.0 Å². The molecule has 1 saturated heterocycles. The summed E-state index contributed by atoms with van der Waals surface area (Å²) in [7, 11) is 0. The number of aliphatic hydroxyl groups excluding tert-OH is 1. The van der Waals surface area contributed by atoms with Crippen molar-refractivity contribution in [3.05, 3.63) is 35.6 Å². The van der Waals surface area contributed by atoms with E-state index in [0.29, 0.717) is 31.1 Å². The highest BCUT2D eigenvalue weighted by atomic mass is 16.5. The van der Waals surface area contributed by atoms with Crippen molar-refractivity contribution < 1.29 is 19.1 Å². The van der Waals surface area contributed by atoms with Gasteiger partial charge in [-0.3, -0.25) is 4.79 Å². The van der Waals surface area contributed by atoms with Crippen LogP contribution in [0.25, 0.3) is 11.0 Å². The maximum atomic E-state index is 12.6. The Morgan fingerprint density at radius 2 is 2.25 bits per heavy atom. The molecular weight excluding hydrogens is 258 g/mol. The number of carbonyl (C=O) groups is 1. The predicted molar refractivity (Wildman–Crippen MR) is 73.7 cm³/mol. The van der Waals surface area contributed by atoms with Crippen LogP contribution in [0.2, 0.25) is 0 Å². The molecule has 0 radical (unpaired) electrons. The maximum Gasteiger partial charge on any atom is 0.290 e. The smallest absolute Gasteiger partial charge is 0.290 e. The van der Waals surface area contributed by atoms with Crippen molar-refractivity contribution in [2.45, 2.75) is 13.0 Å². The summed E-state index contributed by atoms with van der Waals surface area (Å²) >= 11 is 0. The lowest BCUT2D eigenvalue weighted by Crippen LogP contribution is -2.50. The average molecular weight is 275 g/mol. The van der Waals surface area contributed by atoms with Crippen molar-refractivity contribution in [1.82, 2.24) is 4.90 Å². The Morgan fingerprint density at radius 3 is 3.00 bits per heavy atom. The first-order valence-corrected chi connectivity index (χ1v) is 6.70. The van der Waals surface area contributed by atoms with Gasteiger partial charge < -0.3 is 19.2 Å². The molecule has 106 valence electrons. The molecule has 1 unspecified atom stereocenters. The normalized spacial score (nSPS) is 19.5. The molecule has 5 heteroatoms. The van der Waals surface area contributed by atoms with Gasteiger partial charge in [0.2, 0.25) is 0 Å². The Hall–Kier alpha value is -1.85. The van der Waals surface area contributed by atoms with Gasteiger partial charge in [-0.2, -0.15) is 0 Å². The predicted octanol–water partition coefficient (Wildman–Crippen LogP) is 1.57. The van der Waals surface area contributed by atoms with Crippen molar-refractivity contribution in [2.24, 2.45) is 0 Å². The van der Waals surface area contributed by atoms with Gasteiger partial charge in [0.25, 0.3) is 5.91 Å². The van der Waals surface area contributed by atoms with Crippen LogP contribution < -0.4 is 0 Å². The van der Waals surface area contributed by atoms with Crippen LogP contribution in [0.3, 0.4) is 0 Å². The van der Waals surface area contributed by atoms with Crippen LogP contribution in [0.5, 0.6) is 0 Å². The van der Waals surface area contributed by atoms with Gasteiger partial charge >= 0.3 is 0 Å². The molecule has 0 saturated carbocycles. The number of fused-ring (bicyclic) bond motifs is 1. The van der Waals surface area contributed by atoms with E-state index >= 15 is 0 Å². The van der Waals surface area contributed by atoms with Crippen molar-refractivity contribution in [3.8, 4) is 0 Å². The van der Waals surface area contributed by atoms with Crippen LogP contribution in [0.15, 0.2) is 28.7 Å².